The van der Waals surface area contributed by atoms with Gasteiger partial charge in [-0.3, -0.25) is 4.79 Å². The molecule has 1 saturated carbocycles. The van der Waals surface area contributed by atoms with E-state index in [1.54, 1.807) is 0 Å². The van der Waals surface area contributed by atoms with E-state index in [4.69, 9.17) is 10.5 Å². The number of nitrogens with two attached hydrogens (primary N) is 1. The number of ether oxygens (including phenoxy) is 1. The molecule has 1 aliphatic carbocycles. The van der Waals surface area contributed by atoms with Gasteiger partial charge in [0.25, 0.3) is 0 Å². The van der Waals surface area contributed by atoms with Crippen molar-refractivity contribution in [3.05, 3.63) is 0 Å². The topological polar surface area (TPSA) is 81.4 Å². The second-order valence-corrected chi connectivity index (χ2v) is 5.26. The minimum Gasteiger partial charge on any atom is -0.444 e. The molecule has 0 aromatic carbocycles. The summed E-state index contributed by atoms with van der Waals surface area (Å²) in [5, 5.41) is 2.75. The van der Waals surface area contributed by atoms with Gasteiger partial charge < -0.3 is 15.8 Å². The third kappa shape index (κ3) is 4.08. The van der Waals surface area contributed by atoms with E-state index in [0.29, 0.717) is 6.42 Å². The Morgan fingerprint density at radius 1 is 1.31 bits per heavy atom. The van der Waals surface area contributed by atoms with Crippen molar-refractivity contribution in [3.8, 4) is 0 Å². The van der Waals surface area contributed by atoms with E-state index in [-0.39, 0.29) is 17.9 Å². The van der Waals surface area contributed by atoms with Crippen LogP contribution in [0.1, 0.15) is 40.0 Å². The first-order chi connectivity index (χ1) is 7.28. The van der Waals surface area contributed by atoms with Crippen molar-refractivity contribution in [2.45, 2.75) is 51.7 Å². The Hall–Kier alpha value is -1.26. The van der Waals surface area contributed by atoms with E-state index in [1.807, 2.05) is 20.8 Å². The number of carbonyl (C=O) groups is 2. The van der Waals surface area contributed by atoms with E-state index in [9.17, 15) is 9.59 Å². The third-order valence-electron chi connectivity index (χ3n) is 2.56. The molecule has 5 heteroatoms. The molecule has 1 fully saturated rings. The third-order valence-corrected chi connectivity index (χ3v) is 2.56. The van der Waals surface area contributed by atoms with Crippen LogP contribution < -0.4 is 11.1 Å². The molecule has 2 atom stereocenters. The van der Waals surface area contributed by atoms with Crippen LogP contribution in [-0.4, -0.2) is 23.6 Å². The van der Waals surface area contributed by atoms with E-state index in [0.717, 1.165) is 12.8 Å². The summed E-state index contributed by atoms with van der Waals surface area (Å²) < 4.78 is 5.13. The highest BCUT2D eigenvalue weighted by atomic mass is 16.6. The van der Waals surface area contributed by atoms with E-state index in [1.165, 1.54) is 0 Å². The first-order valence-electron chi connectivity index (χ1n) is 5.57. The van der Waals surface area contributed by atoms with Gasteiger partial charge in [-0.25, -0.2) is 4.79 Å². The van der Waals surface area contributed by atoms with Crippen molar-refractivity contribution in [1.82, 2.24) is 5.32 Å². The fourth-order valence-corrected chi connectivity index (χ4v) is 1.85. The van der Waals surface area contributed by atoms with Crippen LogP contribution in [0.4, 0.5) is 4.79 Å². The Bertz CT molecular complexity index is 283. The highest BCUT2D eigenvalue weighted by Crippen LogP contribution is 2.25. The molecule has 0 saturated heterocycles. The molecule has 1 aliphatic rings. The zero-order chi connectivity index (χ0) is 12.3. The monoisotopic (exact) mass is 228 g/mol. The van der Waals surface area contributed by atoms with Crippen LogP contribution in [0.3, 0.4) is 0 Å². The SMILES string of the molecule is CC(C)(C)OC(=O)NC1CCC(C(N)=O)C1. The predicted molar refractivity (Wildman–Crippen MR) is 59.7 cm³/mol. The number of carbonyl (C=O) groups excluding carboxylic acids is 2. The van der Waals surface area contributed by atoms with Crippen LogP contribution in [0.5, 0.6) is 0 Å². The largest absolute Gasteiger partial charge is 0.444 e. The molecule has 0 heterocycles. The zero-order valence-electron chi connectivity index (χ0n) is 10.1. The van der Waals surface area contributed by atoms with Gasteiger partial charge in [-0.15, -0.1) is 0 Å². The number of nitrogens with one attached hydrogen (secondary N) is 1. The molecule has 0 aromatic heterocycles. The summed E-state index contributed by atoms with van der Waals surface area (Å²) >= 11 is 0. The lowest BCUT2D eigenvalue weighted by Crippen LogP contribution is -2.38. The molecule has 0 spiro atoms. The quantitative estimate of drug-likeness (QED) is 0.744. The lowest BCUT2D eigenvalue weighted by molar-refractivity contribution is -0.121. The maximum atomic E-state index is 11.4. The lowest BCUT2D eigenvalue weighted by atomic mass is 10.1. The molecule has 0 radical (unpaired) electrons. The maximum absolute atomic E-state index is 11.4. The number of hydrogen-bond donors (Lipinski definition) is 2. The average molecular weight is 228 g/mol. The summed E-state index contributed by atoms with van der Waals surface area (Å²) in [5.41, 5.74) is 4.72. The first-order valence-corrected chi connectivity index (χ1v) is 5.57. The van der Waals surface area contributed by atoms with Gasteiger partial charge in [0.05, 0.1) is 0 Å². The van der Waals surface area contributed by atoms with Gasteiger partial charge in [0.2, 0.25) is 5.91 Å². The second kappa shape index (κ2) is 4.72. The van der Waals surface area contributed by atoms with Crippen LogP contribution in [0.2, 0.25) is 0 Å². The zero-order valence-corrected chi connectivity index (χ0v) is 10.1. The number of rotatable bonds is 2. The summed E-state index contributed by atoms with van der Waals surface area (Å²) in [6.07, 6.45) is 1.72. The van der Waals surface area contributed by atoms with Gasteiger partial charge in [0.1, 0.15) is 5.60 Å². The van der Waals surface area contributed by atoms with Crippen LogP contribution >= 0.6 is 0 Å². The van der Waals surface area contributed by atoms with Crippen LogP contribution in [0.15, 0.2) is 0 Å². The number of primary amides is 1. The molecule has 2 amide bonds. The van der Waals surface area contributed by atoms with Gasteiger partial charge in [-0.2, -0.15) is 0 Å². The Balaban J connectivity index is 2.34. The van der Waals surface area contributed by atoms with Crippen molar-refractivity contribution >= 4 is 12.0 Å². The maximum Gasteiger partial charge on any atom is 0.407 e. The fraction of sp³-hybridized carbons (Fsp3) is 0.818. The summed E-state index contributed by atoms with van der Waals surface area (Å²) in [7, 11) is 0. The number of hydrogen-bond acceptors (Lipinski definition) is 3. The number of alkyl carbamates (subject to hydrolysis) is 1. The molecule has 0 aliphatic heterocycles. The van der Waals surface area contributed by atoms with Gasteiger partial charge >= 0.3 is 6.09 Å². The molecule has 1 rings (SSSR count). The lowest BCUT2D eigenvalue weighted by Gasteiger charge is -2.21. The Kier molecular flexibility index (Phi) is 3.78. The summed E-state index contributed by atoms with van der Waals surface area (Å²) in [4.78, 5) is 22.4. The van der Waals surface area contributed by atoms with Gasteiger partial charge in [-0.05, 0) is 40.0 Å². The molecule has 3 N–H and O–H groups in total. The molecule has 5 nitrogen and oxygen atoms in total. The standard InChI is InChI=1S/C11H20N2O3/c1-11(2,3)16-10(15)13-8-5-4-7(6-8)9(12)14/h7-8H,4-6H2,1-3H3,(H2,12,14)(H,13,15). The normalized spacial score (nSPS) is 25.2. The van der Waals surface area contributed by atoms with E-state index >= 15 is 0 Å². The van der Waals surface area contributed by atoms with Crippen molar-refractivity contribution in [3.63, 3.8) is 0 Å². The van der Waals surface area contributed by atoms with Crippen molar-refractivity contribution in [2.24, 2.45) is 11.7 Å². The molecule has 2 unspecified atom stereocenters. The number of amides is 2. The smallest absolute Gasteiger partial charge is 0.407 e. The Labute approximate surface area is 95.7 Å². The molecule has 16 heavy (non-hydrogen) atoms. The minimum atomic E-state index is -0.494. The van der Waals surface area contributed by atoms with Crippen molar-refractivity contribution in [1.29, 1.82) is 0 Å². The van der Waals surface area contributed by atoms with E-state index in [2.05, 4.69) is 5.32 Å². The van der Waals surface area contributed by atoms with E-state index < -0.39 is 11.7 Å². The van der Waals surface area contributed by atoms with Crippen LogP contribution in [0.25, 0.3) is 0 Å². The summed E-state index contributed by atoms with van der Waals surface area (Å²) in [5.74, 6) is -0.395. The van der Waals surface area contributed by atoms with Crippen molar-refractivity contribution in [2.75, 3.05) is 0 Å². The average Bonchev–Trinajstić information content (AvgIpc) is 2.48. The molecule has 0 bridgehead atoms. The first kappa shape index (κ1) is 12.8. The Morgan fingerprint density at radius 2 is 1.94 bits per heavy atom. The van der Waals surface area contributed by atoms with Gasteiger partial charge in [0, 0.05) is 12.0 Å². The molecule has 92 valence electrons. The highest BCUT2D eigenvalue weighted by Gasteiger charge is 2.30. The second-order valence-electron chi connectivity index (χ2n) is 5.26. The van der Waals surface area contributed by atoms with Gasteiger partial charge in [-0.1, -0.05) is 0 Å². The minimum absolute atomic E-state index is 0.00681. The molecular weight excluding hydrogens is 208 g/mol. The molecular formula is C11H20N2O3. The predicted octanol–water partition coefficient (Wildman–Crippen LogP) is 1.17. The van der Waals surface area contributed by atoms with Crippen LogP contribution in [-0.2, 0) is 9.53 Å². The summed E-state index contributed by atoms with van der Waals surface area (Å²) in [6.45, 7) is 5.44. The Morgan fingerprint density at radius 3 is 2.38 bits per heavy atom. The van der Waals surface area contributed by atoms with Gasteiger partial charge in [0.15, 0.2) is 0 Å². The van der Waals surface area contributed by atoms with Crippen LogP contribution in [0, 0.1) is 5.92 Å². The summed E-state index contributed by atoms with van der Waals surface area (Å²) in [6, 6.07) is 0.00681. The van der Waals surface area contributed by atoms with Crippen molar-refractivity contribution < 1.29 is 14.3 Å². The fourth-order valence-electron chi connectivity index (χ4n) is 1.85. The highest BCUT2D eigenvalue weighted by molar-refractivity contribution is 5.77. The molecule has 0 aromatic rings.